The van der Waals surface area contributed by atoms with Gasteiger partial charge in [0, 0.05) is 0 Å². The van der Waals surface area contributed by atoms with Crippen molar-refractivity contribution in [1.29, 1.82) is 0 Å². The van der Waals surface area contributed by atoms with Crippen molar-refractivity contribution in [3.63, 3.8) is 0 Å². The maximum Gasteiger partial charge on any atom is 0.153 e. The summed E-state index contributed by atoms with van der Waals surface area (Å²) < 4.78 is 0. The molecule has 0 bridgehead atoms. The lowest BCUT2D eigenvalue weighted by Gasteiger charge is -2.16. The Morgan fingerprint density at radius 3 is 2.38 bits per heavy atom. The summed E-state index contributed by atoms with van der Waals surface area (Å²) in [7, 11) is 0. The first kappa shape index (κ1) is 8.30. The predicted molar refractivity (Wildman–Crippen MR) is 50.1 cm³/mol. The molecular formula is C11H12O2. The first-order chi connectivity index (χ1) is 6.31. The second-order valence-corrected chi connectivity index (χ2v) is 3.50. The van der Waals surface area contributed by atoms with Crippen molar-refractivity contribution >= 4 is 6.29 Å². The standard InChI is InChI=1S/C11H12O2/c12-7-10-5-8-3-1-2-4-9(8)6-11(10)13/h5-7,13H,1-4H2. The Balaban J connectivity index is 2.50. The number of hydrogen-bond acceptors (Lipinski definition) is 2. The van der Waals surface area contributed by atoms with Crippen LogP contribution in [0.4, 0.5) is 0 Å². The van der Waals surface area contributed by atoms with Crippen LogP contribution in [-0.4, -0.2) is 11.4 Å². The Kier molecular flexibility index (Phi) is 2.05. The number of hydrogen-bond donors (Lipinski definition) is 1. The molecule has 0 saturated carbocycles. The van der Waals surface area contributed by atoms with Gasteiger partial charge in [0.15, 0.2) is 6.29 Å². The average molecular weight is 176 g/mol. The second kappa shape index (κ2) is 3.21. The minimum atomic E-state index is 0.121. The highest BCUT2D eigenvalue weighted by molar-refractivity contribution is 5.79. The molecule has 2 nitrogen and oxygen atoms in total. The monoisotopic (exact) mass is 176 g/mol. The molecule has 68 valence electrons. The molecule has 1 aliphatic carbocycles. The zero-order chi connectivity index (χ0) is 9.26. The lowest BCUT2D eigenvalue weighted by Crippen LogP contribution is -2.03. The Morgan fingerprint density at radius 1 is 1.15 bits per heavy atom. The summed E-state index contributed by atoms with van der Waals surface area (Å²) in [6.45, 7) is 0. The van der Waals surface area contributed by atoms with E-state index < -0.39 is 0 Å². The van der Waals surface area contributed by atoms with E-state index in [2.05, 4.69) is 0 Å². The molecule has 1 aromatic rings. The van der Waals surface area contributed by atoms with Crippen molar-refractivity contribution in [3.8, 4) is 5.75 Å². The molecule has 2 rings (SSSR count). The summed E-state index contributed by atoms with van der Waals surface area (Å²) in [5.41, 5.74) is 2.85. The molecule has 0 amide bonds. The fraction of sp³-hybridized carbons (Fsp3) is 0.364. The highest BCUT2D eigenvalue weighted by atomic mass is 16.3. The highest BCUT2D eigenvalue weighted by Gasteiger charge is 2.12. The number of carbonyl (C=O) groups excluding carboxylic acids is 1. The Morgan fingerprint density at radius 2 is 1.77 bits per heavy atom. The van der Waals surface area contributed by atoms with E-state index in [1.54, 1.807) is 6.07 Å². The molecular weight excluding hydrogens is 164 g/mol. The summed E-state index contributed by atoms with van der Waals surface area (Å²) in [6, 6.07) is 3.55. The maximum atomic E-state index is 10.6. The van der Waals surface area contributed by atoms with Crippen LogP contribution in [0.25, 0.3) is 0 Å². The Labute approximate surface area is 77.2 Å². The third-order valence-corrected chi connectivity index (χ3v) is 2.62. The van der Waals surface area contributed by atoms with Crippen LogP contribution in [0.15, 0.2) is 12.1 Å². The first-order valence-electron chi connectivity index (χ1n) is 4.61. The predicted octanol–water partition coefficient (Wildman–Crippen LogP) is 2.08. The van der Waals surface area contributed by atoms with Gasteiger partial charge in [-0.1, -0.05) is 0 Å². The summed E-state index contributed by atoms with van der Waals surface area (Å²) in [6.07, 6.45) is 5.16. The van der Waals surface area contributed by atoms with Crippen LogP contribution in [0.5, 0.6) is 5.75 Å². The van der Waals surface area contributed by atoms with Crippen molar-refractivity contribution in [1.82, 2.24) is 0 Å². The zero-order valence-corrected chi connectivity index (χ0v) is 7.42. The van der Waals surface area contributed by atoms with E-state index in [4.69, 9.17) is 0 Å². The molecule has 0 fully saturated rings. The minimum absolute atomic E-state index is 0.121. The van der Waals surface area contributed by atoms with Crippen LogP contribution in [0.2, 0.25) is 0 Å². The number of carbonyl (C=O) groups is 1. The summed E-state index contributed by atoms with van der Waals surface area (Å²) in [4.78, 5) is 10.6. The minimum Gasteiger partial charge on any atom is -0.507 e. The van der Waals surface area contributed by atoms with Crippen molar-refractivity contribution in [2.75, 3.05) is 0 Å². The third kappa shape index (κ3) is 1.44. The number of phenolic OH excluding ortho intramolecular Hbond substituents is 1. The van der Waals surface area contributed by atoms with Crippen LogP contribution >= 0.6 is 0 Å². The van der Waals surface area contributed by atoms with Gasteiger partial charge in [-0.2, -0.15) is 0 Å². The smallest absolute Gasteiger partial charge is 0.153 e. The van der Waals surface area contributed by atoms with Gasteiger partial charge < -0.3 is 5.11 Å². The molecule has 1 aromatic carbocycles. The number of benzene rings is 1. The lowest BCUT2D eigenvalue weighted by molar-refractivity contribution is 0.112. The summed E-state index contributed by atoms with van der Waals surface area (Å²) in [5, 5.41) is 9.44. The molecule has 0 aromatic heterocycles. The van der Waals surface area contributed by atoms with E-state index in [1.807, 2.05) is 6.07 Å². The zero-order valence-electron chi connectivity index (χ0n) is 7.42. The molecule has 0 aliphatic heterocycles. The lowest BCUT2D eigenvalue weighted by atomic mass is 9.90. The second-order valence-electron chi connectivity index (χ2n) is 3.50. The number of rotatable bonds is 1. The van der Waals surface area contributed by atoms with Crippen LogP contribution in [0.3, 0.4) is 0 Å². The normalized spacial score (nSPS) is 15.1. The fourth-order valence-corrected chi connectivity index (χ4v) is 1.89. The molecule has 0 saturated heterocycles. The van der Waals surface area contributed by atoms with Gasteiger partial charge in [0.1, 0.15) is 5.75 Å². The van der Waals surface area contributed by atoms with Gasteiger partial charge >= 0.3 is 0 Å². The number of aromatic hydroxyl groups is 1. The SMILES string of the molecule is O=Cc1cc2c(cc1O)CCCC2. The number of aryl methyl sites for hydroxylation is 2. The first-order valence-corrected chi connectivity index (χ1v) is 4.61. The van der Waals surface area contributed by atoms with E-state index in [0.29, 0.717) is 11.8 Å². The van der Waals surface area contributed by atoms with Gasteiger partial charge in [0.25, 0.3) is 0 Å². The van der Waals surface area contributed by atoms with Crippen molar-refractivity contribution in [2.45, 2.75) is 25.7 Å². The van der Waals surface area contributed by atoms with Crippen LogP contribution < -0.4 is 0 Å². The Bertz CT molecular complexity index is 342. The molecule has 1 aliphatic rings. The molecule has 0 heterocycles. The molecule has 1 N–H and O–H groups in total. The van der Waals surface area contributed by atoms with E-state index >= 15 is 0 Å². The summed E-state index contributed by atoms with van der Waals surface area (Å²) >= 11 is 0. The molecule has 0 radical (unpaired) electrons. The van der Waals surface area contributed by atoms with Crippen molar-refractivity contribution in [3.05, 3.63) is 28.8 Å². The average Bonchev–Trinajstić information content (AvgIpc) is 2.17. The van der Waals surface area contributed by atoms with Gasteiger partial charge in [-0.05, 0) is 48.9 Å². The van der Waals surface area contributed by atoms with E-state index in [1.165, 1.54) is 24.0 Å². The molecule has 0 atom stereocenters. The largest absolute Gasteiger partial charge is 0.507 e. The molecule has 0 unspecified atom stereocenters. The van der Waals surface area contributed by atoms with Gasteiger partial charge in [-0.25, -0.2) is 0 Å². The maximum absolute atomic E-state index is 10.6. The van der Waals surface area contributed by atoms with E-state index in [9.17, 15) is 9.90 Å². The van der Waals surface area contributed by atoms with E-state index in [0.717, 1.165) is 12.8 Å². The number of fused-ring (bicyclic) bond motifs is 1. The van der Waals surface area contributed by atoms with Gasteiger partial charge in [-0.3, -0.25) is 4.79 Å². The van der Waals surface area contributed by atoms with E-state index in [-0.39, 0.29) is 5.75 Å². The quantitative estimate of drug-likeness (QED) is 0.665. The molecule has 2 heteroatoms. The Hall–Kier alpha value is -1.31. The molecule has 0 spiro atoms. The number of aldehydes is 1. The topological polar surface area (TPSA) is 37.3 Å². The number of phenols is 1. The van der Waals surface area contributed by atoms with Crippen molar-refractivity contribution in [2.24, 2.45) is 0 Å². The fourth-order valence-electron chi connectivity index (χ4n) is 1.89. The third-order valence-electron chi connectivity index (χ3n) is 2.62. The van der Waals surface area contributed by atoms with Crippen LogP contribution in [0, 0.1) is 0 Å². The molecule has 13 heavy (non-hydrogen) atoms. The van der Waals surface area contributed by atoms with Crippen LogP contribution in [-0.2, 0) is 12.8 Å². The highest BCUT2D eigenvalue weighted by Crippen LogP contribution is 2.27. The van der Waals surface area contributed by atoms with Gasteiger partial charge in [0.2, 0.25) is 0 Å². The van der Waals surface area contributed by atoms with Gasteiger partial charge in [0.05, 0.1) is 5.56 Å². The van der Waals surface area contributed by atoms with Gasteiger partial charge in [-0.15, -0.1) is 0 Å². The van der Waals surface area contributed by atoms with Crippen LogP contribution in [0.1, 0.15) is 34.3 Å². The summed E-state index contributed by atoms with van der Waals surface area (Å²) in [5.74, 6) is 0.121. The van der Waals surface area contributed by atoms with Crippen molar-refractivity contribution < 1.29 is 9.90 Å².